The number of nitrogens with one attached hydrogen (secondary N) is 2. The van der Waals surface area contributed by atoms with Crippen LogP contribution in [0.4, 0.5) is 0 Å². The lowest BCUT2D eigenvalue weighted by Gasteiger charge is -2.08. The minimum Gasteiger partial charge on any atom is -0.504 e. The Morgan fingerprint density at radius 2 is 1.03 bits per heavy atom. The predicted molar refractivity (Wildman–Crippen MR) is 111 cm³/mol. The Kier molecular flexibility index (Phi) is 8.80. The average Bonchev–Trinajstić information content (AvgIpc) is 2.71. The summed E-state index contributed by atoms with van der Waals surface area (Å²) in [6, 6.07) is 9.03. The largest absolute Gasteiger partial charge is 0.504 e. The smallest absolute Gasteiger partial charge is 0.224 e. The molecule has 0 saturated heterocycles. The van der Waals surface area contributed by atoms with Crippen LogP contribution in [0, 0.1) is 0 Å². The number of carbonyl (C=O) groups is 2. The summed E-state index contributed by atoms with van der Waals surface area (Å²) < 4.78 is 0. The van der Waals surface area contributed by atoms with Gasteiger partial charge in [0.05, 0.1) is 12.8 Å². The number of para-hydroxylation sites is 2. The maximum atomic E-state index is 11.9. The second-order valence-electron chi connectivity index (χ2n) is 7.04. The Labute approximate surface area is 175 Å². The predicted octanol–water partition coefficient (Wildman–Crippen LogP) is 2.09. The zero-order chi connectivity index (χ0) is 21.9. The van der Waals surface area contributed by atoms with Crippen molar-refractivity contribution in [3.05, 3.63) is 47.5 Å². The minimum absolute atomic E-state index is 0.00100. The van der Waals surface area contributed by atoms with E-state index in [9.17, 15) is 30.0 Å². The number of hydrogen-bond acceptors (Lipinski definition) is 6. The summed E-state index contributed by atoms with van der Waals surface area (Å²) in [6.45, 7) is 1.03. The third kappa shape index (κ3) is 7.20. The fraction of sp³-hybridized carbons (Fsp3) is 0.364. The number of phenolic OH excluding ortho intramolecular Hbond substituents is 4. The maximum Gasteiger partial charge on any atom is 0.224 e. The molecule has 0 aliphatic carbocycles. The second kappa shape index (κ2) is 11.5. The van der Waals surface area contributed by atoms with Crippen LogP contribution in [0.5, 0.6) is 23.0 Å². The topological polar surface area (TPSA) is 139 Å². The van der Waals surface area contributed by atoms with Crippen molar-refractivity contribution in [3.63, 3.8) is 0 Å². The molecular formula is C22H28N2O6. The van der Waals surface area contributed by atoms with Crippen LogP contribution in [0.25, 0.3) is 0 Å². The molecule has 2 aromatic rings. The van der Waals surface area contributed by atoms with Gasteiger partial charge in [-0.15, -0.1) is 0 Å². The number of phenols is 4. The van der Waals surface area contributed by atoms with Gasteiger partial charge in [0.25, 0.3) is 0 Å². The van der Waals surface area contributed by atoms with Crippen molar-refractivity contribution in [1.82, 2.24) is 10.6 Å². The van der Waals surface area contributed by atoms with E-state index in [0.717, 1.165) is 25.7 Å². The normalized spacial score (nSPS) is 10.5. The molecule has 0 heterocycles. The number of hydrogen-bond donors (Lipinski definition) is 6. The molecule has 0 bridgehead atoms. The zero-order valence-corrected chi connectivity index (χ0v) is 16.7. The molecule has 0 aliphatic rings. The van der Waals surface area contributed by atoms with E-state index in [-0.39, 0.29) is 47.7 Å². The first-order chi connectivity index (χ1) is 14.4. The van der Waals surface area contributed by atoms with Gasteiger partial charge in [-0.2, -0.15) is 0 Å². The highest BCUT2D eigenvalue weighted by molar-refractivity contribution is 5.80. The maximum absolute atomic E-state index is 11.9. The molecule has 2 amide bonds. The molecule has 162 valence electrons. The molecular weight excluding hydrogens is 388 g/mol. The van der Waals surface area contributed by atoms with Crippen LogP contribution in [0.2, 0.25) is 0 Å². The Bertz CT molecular complexity index is 797. The highest BCUT2D eigenvalue weighted by Gasteiger charge is 2.11. The molecule has 2 rings (SSSR count). The van der Waals surface area contributed by atoms with Crippen LogP contribution in [0.3, 0.4) is 0 Å². The third-order valence-electron chi connectivity index (χ3n) is 4.65. The first kappa shape index (κ1) is 22.9. The van der Waals surface area contributed by atoms with Crippen molar-refractivity contribution in [3.8, 4) is 23.0 Å². The lowest BCUT2D eigenvalue weighted by Crippen LogP contribution is -2.26. The lowest BCUT2D eigenvalue weighted by molar-refractivity contribution is -0.121. The first-order valence-corrected chi connectivity index (χ1v) is 9.91. The van der Waals surface area contributed by atoms with Gasteiger partial charge in [0.2, 0.25) is 11.8 Å². The fourth-order valence-electron chi connectivity index (χ4n) is 2.97. The standard InChI is InChI=1S/C22H28N2O6/c25-17-9-5-7-15(21(17)29)13-19(27)23-11-3-1-2-4-12-24-20(28)14-16-8-6-10-18(26)22(16)30/h5-10,25-26,29-30H,1-4,11-14H2,(H,23,27)(H,24,28). The van der Waals surface area contributed by atoms with Crippen molar-refractivity contribution in [1.29, 1.82) is 0 Å². The fourth-order valence-corrected chi connectivity index (χ4v) is 2.97. The van der Waals surface area contributed by atoms with E-state index in [1.165, 1.54) is 12.1 Å². The second-order valence-corrected chi connectivity index (χ2v) is 7.04. The number of aromatic hydroxyl groups is 4. The molecule has 0 unspecified atom stereocenters. The molecule has 0 aliphatic heterocycles. The quantitative estimate of drug-likeness (QED) is 0.245. The summed E-state index contributed by atoms with van der Waals surface area (Å²) in [5.41, 5.74) is 0.754. The molecule has 0 saturated carbocycles. The molecule has 8 heteroatoms. The summed E-state index contributed by atoms with van der Waals surface area (Å²) in [4.78, 5) is 23.8. The van der Waals surface area contributed by atoms with Gasteiger partial charge in [0, 0.05) is 24.2 Å². The van der Waals surface area contributed by atoms with Crippen LogP contribution in [-0.4, -0.2) is 45.3 Å². The van der Waals surface area contributed by atoms with Crippen LogP contribution >= 0.6 is 0 Å². The number of unbranched alkanes of at least 4 members (excludes halogenated alkanes) is 3. The minimum atomic E-state index is -0.269. The average molecular weight is 416 g/mol. The Morgan fingerprint density at radius 1 is 0.633 bits per heavy atom. The van der Waals surface area contributed by atoms with Crippen molar-refractivity contribution in [2.24, 2.45) is 0 Å². The van der Waals surface area contributed by atoms with E-state index in [1.807, 2.05) is 0 Å². The monoisotopic (exact) mass is 416 g/mol. The Hall–Kier alpha value is -3.42. The summed E-state index contributed by atoms with van der Waals surface area (Å²) in [5, 5.41) is 43.8. The zero-order valence-electron chi connectivity index (χ0n) is 16.7. The van der Waals surface area contributed by atoms with Gasteiger partial charge in [-0.3, -0.25) is 9.59 Å². The molecule has 2 aromatic carbocycles. The van der Waals surface area contributed by atoms with Gasteiger partial charge in [0.1, 0.15) is 0 Å². The van der Waals surface area contributed by atoms with Gasteiger partial charge >= 0.3 is 0 Å². The number of benzene rings is 2. The summed E-state index contributed by atoms with van der Waals surface area (Å²) in [7, 11) is 0. The van der Waals surface area contributed by atoms with E-state index in [0.29, 0.717) is 24.2 Å². The summed E-state index contributed by atoms with van der Waals surface area (Å²) in [6.07, 6.45) is 3.37. The third-order valence-corrected chi connectivity index (χ3v) is 4.65. The van der Waals surface area contributed by atoms with Gasteiger partial charge < -0.3 is 31.1 Å². The molecule has 0 spiro atoms. The van der Waals surface area contributed by atoms with Gasteiger partial charge in [-0.25, -0.2) is 0 Å². The van der Waals surface area contributed by atoms with E-state index in [4.69, 9.17) is 0 Å². The van der Waals surface area contributed by atoms with Crippen LogP contribution in [0.1, 0.15) is 36.8 Å². The highest BCUT2D eigenvalue weighted by atomic mass is 16.3. The lowest BCUT2D eigenvalue weighted by atomic mass is 10.1. The molecule has 8 nitrogen and oxygen atoms in total. The van der Waals surface area contributed by atoms with Gasteiger partial charge in [-0.1, -0.05) is 37.1 Å². The van der Waals surface area contributed by atoms with Crippen molar-refractivity contribution in [2.45, 2.75) is 38.5 Å². The summed E-state index contributed by atoms with van der Waals surface area (Å²) >= 11 is 0. The van der Waals surface area contributed by atoms with E-state index in [1.54, 1.807) is 24.3 Å². The van der Waals surface area contributed by atoms with Gasteiger partial charge in [-0.05, 0) is 25.0 Å². The summed E-state index contributed by atoms with van der Waals surface area (Å²) in [5.74, 6) is -1.48. The number of amides is 2. The molecule has 0 radical (unpaired) electrons. The van der Waals surface area contributed by atoms with Crippen molar-refractivity contribution >= 4 is 11.8 Å². The number of rotatable bonds is 11. The molecule has 0 aromatic heterocycles. The first-order valence-electron chi connectivity index (χ1n) is 9.91. The molecule has 0 fully saturated rings. The van der Waals surface area contributed by atoms with E-state index >= 15 is 0 Å². The molecule has 6 N–H and O–H groups in total. The van der Waals surface area contributed by atoms with Crippen LogP contribution in [0.15, 0.2) is 36.4 Å². The highest BCUT2D eigenvalue weighted by Crippen LogP contribution is 2.29. The molecule has 30 heavy (non-hydrogen) atoms. The van der Waals surface area contributed by atoms with Gasteiger partial charge in [0.15, 0.2) is 23.0 Å². The van der Waals surface area contributed by atoms with E-state index < -0.39 is 0 Å². The molecule has 0 atom stereocenters. The number of carbonyl (C=O) groups excluding carboxylic acids is 2. The Morgan fingerprint density at radius 3 is 1.43 bits per heavy atom. The van der Waals surface area contributed by atoms with Crippen LogP contribution in [-0.2, 0) is 22.4 Å². The van der Waals surface area contributed by atoms with Crippen molar-refractivity contribution in [2.75, 3.05) is 13.1 Å². The Balaban J connectivity index is 1.52. The van der Waals surface area contributed by atoms with E-state index in [2.05, 4.69) is 10.6 Å². The SMILES string of the molecule is O=C(Cc1cccc(O)c1O)NCCCCCCNC(=O)Cc1cccc(O)c1O. The van der Waals surface area contributed by atoms with Crippen molar-refractivity contribution < 1.29 is 30.0 Å². The van der Waals surface area contributed by atoms with Crippen LogP contribution < -0.4 is 10.6 Å².